The largest absolute Gasteiger partial charge is 0.326 e. The summed E-state index contributed by atoms with van der Waals surface area (Å²) in [5.41, 5.74) is 1.77. The molecule has 1 saturated carbocycles. The molecule has 1 aliphatic carbocycles. The molecule has 3 rings (SSSR count). The van der Waals surface area contributed by atoms with E-state index in [2.05, 4.69) is 26.0 Å². The van der Waals surface area contributed by atoms with Crippen LogP contribution in [-0.4, -0.2) is 14.3 Å². The Kier molecular flexibility index (Phi) is 4.64. The first kappa shape index (κ1) is 17.0. The molecule has 0 aliphatic heterocycles. The standard InChI is InChI=1S/C17H17BrN2O3S/c1-11-2-5-13(18)10-16(11)24(22,23)20-15-8-6-14(7-9-15)19-17(21)12-3-4-12/h2,5-10,12,20H,3-4H2,1H3,(H,19,21). The molecule has 5 nitrogen and oxygen atoms in total. The van der Waals surface area contributed by atoms with Crippen LogP contribution in [0.1, 0.15) is 18.4 Å². The highest BCUT2D eigenvalue weighted by atomic mass is 79.9. The lowest BCUT2D eigenvalue weighted by Crippen LogP contribution is -2.15. The lowest BCUT2D eigenvalue weighted by atomic mass is 10.2. The van der Waals surface area contributed by atoms with Gasteiger partial charge in [-0.3, -0.25) is 9.52 Å². The zero-order valence-electron chi connectivity index (χ0n) is 13.0. The third kappa shape index (κ3) is 3.96. The molecule has 0 heterocycles. The van der Waals surface area contributed by atoms with E-state index < -0.39 is 10.0 Å². The Morgan fingerprint density at radius 2 is 1.71 bits per heavy atom. The third-order valence-corrected chi connectivity index (χ3v) is 5.81. The highest BCUT2D eigenvalue weighted by Crippen LogP contribution is 2.30. The molecule has 1 amide bonds. The molecule has 0 aromatic heterocycles. The van der Waals surface area contributed by atoms with Crippen LogP contribution < -0.4 is 10.0 Å². The molecule has 2 aromatic rings. The molecule has 2 N–H and O–H groups in total. The maximum atomic E-state index is 12.5. The smallest absolute Gasteiger partial charge is 0.262 e. The Balaban J connectivity index is 1.75. The summed E-state index contributed by atoms with van der Waals surface area (Å²) in [6.45, 7) is 1.75. The minimum absolute atomic E-state index is 0.0214. The summed E-state index contributed by atoms with van der Waals surface area (Å²) in [4.78, 5) is 11.9. The maximum Gasteiger partial charge on any atom is 0.262 e. The lowest BCUT2D eigenvalue weighted by molar-refractivity contribution is -0.117. The number of halogens is 1. The van der Waals surface area contributed by atoms with Crippen LogP contribution in [0, 0.1) is 12.8 Å². The Morgan fingerprint density at radius 1 is 1.08 bits per heavy atom. The van der Waals surface area contributed by atoms with Crippen molar-refractivity contribution in [2.75, 3.05) is 10.0 Å². The molecule has 0 saturated heterocycles. The van der Waals surface area contributed by atoms with Crippen molar-refractivity contribution in [3.8, 4) is 0 Å². The normalized spacial score (nSPS) is 14.2. The summed E-state index contributed by atoms with van der Waals surface area (Å²) in [6, 6.07) is 11.8. The van der Waals surface area contributed by atoms with E-state index in [1.165, 1.54) is 0 Å². The average molecular weight is 409 g/mol. The zero-order chi connectivity index (χ0) is 17.3. The van der Waals surface area contributed by atoms with E-state index in [1.807, 2.05) is 0 Å². The number of rotatable bonds is 5. The molecule has 7 heteroatoms. The molecule has 0 bridgehead atoms. The van der Waals surface area contributed by atoms with E-state index in [1.54, 1.807) is 49.4 Å². The second-order valence-corrected chi connectivity index (χ2v) is 8.42. The first-order valence-electron chi connectivity index (χ1n) is 7.55. The summed E-state index contributed by atoms with van der Waals surface area (Å²) < 4.78 is 28.3. The average Bonchev–Trinajstić information content (AvgIpc) is 3.36. The van der Waals surface area contributed by atoms with E-state index >= 15 is 0 Å². The molecule has 126 valence electrons. The van der Waals surface area contributed by atoms with Crippen molar-refractivity contribution in [1.29, 1.82) is 0 Å². The van der Waals surface area contributed by atoms with Gasteiger partial charge in [-0.1, -0.05) is 22.0 Å². The fourth-order valence-corrected chi connectivity index (χ4v) is 4.13. The minimum atomic E-state index is -3.67. The van der Waals surface area contributed by atoms with Gasteiger partial charge in [0, 0.05) is 21.8 Å². The van der Waals surface area contributed by atoms with Crippen LogP contribution in [0.4, 0.5) is 11.4 Å². The summed E-state index contributed by atoms with van der Waals surface area (Å²) in [5, 5.41) is 2.82. The van der Waals surface area contributed by atoms with Crippen LogP contribution in [0.15, 0.2) is 51.8 Å². The van der Waals surface area contributed by atoms with Gasteiger partial charge in [-0.25, -0.2) is 8.42 Å². The summed E-state index contributed by atoms with van der Waals surface area (Å²) in [5.74, 6) is 0.149. The van der Waals surface area contributed by atoms with Gasteiger partial charge in [0.05, 0.1) is 4.90 Å². The van der Waals surface area contributed by atoms with Crippen LogP contribution in [-0.2, 0) is 14.8 Å². The zero-order valence-corrected chi connectivity index (χ0v) is 15.4. The number of hydrogen-bond acceptors (Lipinski definition) is 3. The monoisotopic (exact) mass is 408 g/mol. The minimum Gasteiger partial charge on any atom is -0.326 e. The van der Waals surface area contributed by atoms with E-state index in [-0.39, 0.29) is 16.7 Å². The first-order chi connectivity index (χ1) is 11.3. The number of anilines is 2. The molecule has 24 heavy (non-hydrogen) atoms. The van der Waals surface area contributed by atoms with Crippen molar-refractivity contribution < 1.29 is 13.2 Å². The molecular formula is C17H17BrN2O3S. The number of amides is 1. The van der Waals surface area contributed by atoms with Crippen molar-refractivity contribution in [3.63, 3.8) is 0 Å². The van der Waals surface area contributed by atoms with Crippen molar-refractivity contribution in [2.24, 2.45) is 5.92 Å². The molecule has 1 aliphatic rings. The van der Waals surface area contributed by atoms with Crippen LogP contribution in [0.3, 0.4) is 0 Å². The van der Waals surface area contributed by atoms with E-state index in [0.29, 0.717) is 21.4 Å². The highest BCUT2D eigenvalue weighted by Gasteiger charge is 2.29. The highest BCUT2D eigenvalue weighted by molar-refractivity contribution is 9.10. The van der Waals surface area contributed by atoms with Crippen LogP contribution in [0.25, 0.3) is 0 Å². The van der Waals surface area contributed by atoms with Crippen LogP contribution >= 0.6 is 15.9 Å². The Labute approximate surface area is 149 Å². The number of carbonyl (C=O) groups excluding carboxylic acids is 1. The SMILES string of the molecule is Cc1ccc(Br)cc1S(=O)(=O)Nc1ccc(NC(=O)C2CC2)cc1. The van der Waals surface area contributed by atoms with E-state index in [0.717, 1.165) is 12.8 Å². The van der Waals surface area contributed by atoms with Gasteiger partial charge >= 0.3 is 0 Å². The summed E-state index contributed by atoms with van der Waals surface area (Å²) in [6.07, 6.45) is 1.88. The molecule has 0 spiro atoms. The maximum absolute atomic E-state index is 12.5. The Bertz CT molecular complexity index is 875. The topological polar surface area (TPSA) is 75.3 Å². The van der Waals surface area contributed by atoms with Gasteiger partial charge in [0.2, 0.25) is 5.91 Å². The molecule has 0 atom stereocenters. The van der Waals surface area contributed by atoms with Gasteiger partial charge in [0.15, 0.2) is 0 Å². The summed E-state index contributed by atoms with van der Waals surface area (Å²) in [7, 11) is -3.67. The summed E-state index contributed by atoms with van der Waals surface area (Å²) >= 11 is 3.29. The molecular weight excluding hydrogens is 392 g/mol. The van der Waals surface area contributed by atoms with Crippen molar-refractivity contribution in [1.82, 2.24) is 0 Å². The molecule has 1 fully saturated rings. The predicted octanol–water partition coefficient (Wildman–Crippen LogP) is 3.91. The van der Waals surface area contributed by atoms with Gasteiger partial charge in [-0.15, -0.1) is 0 Å². The van der Waals surface area contributed by atoms with Gasteiger partial charge in [-0.2, -0.15) is 0 Å². The van der Waals surface area contributed by atoms with Crippen molar-refractivity contribution in [2.45, 2.75) is 24.7 Å². The van der Waals surface area contributed by atoms with E-state index in [4.69, 9.17) is 0 Å². The first-order valence-corrected chi connectivity index (χ1v) is 9.83. The predicted molar refractivity (Wildman–Crippen MR) is 97.5 cm³/mol. The number of benzene rings is 2. The number of carbonyl (C=O) groups is 1. The van der Waals surface area contributed by atoms with Crippen LogP contribution in [0.5, 0.6) is 0 Å². The van der Waals surface area contributed by atoms with Crippen LogP contribution in [0.2, 0.25) is 0 Å². The van der Waals surface area contributed by atoms with Gasteiger partial charge < -0.3 is 5.32 Å². The molecule has 2 aromatic carbocycles. The van der Waals surface area contributed by atoms with Gasteiger partial charge in [0.25, 0.3) is 10.0 Å². The molecule has 0 radical (unpaired) electrons. The van der Waals surface area contributed by atoms with Gasteiger partial charge in [-0.05, 0) is 61.7 Å². The van der Waals surface area contributed by atoms with Crippen molar-refractivity contribution >= 4 is 43.2 Å². The Hall–Kier alpha value is -1.86. The fraction of sp³-hybridized carbons (Fsp3) is 0.235. The third-order valence-electron chi connectivity index (χ3n) is 3.79. The molecule has 0 unspecified atom stereocenters. The van der Waals surface area contributed by atoms with Gasteiger partial charge in [0.1, 0.15) is 0 Å². The second-order valence-electron chi connectivity index (χ2n) is 5.86. The van der Waals surface area contributed by atoms with Crippen molar-refractivity contribution in [3.05, 3.63) is 52.5 Å². The van der Waals surface area contributed by atoms with E-state index in [9.17, 15) is 13.2 Å². The second kappa shape index (κ2) is 6.57. The Morgan fingerprint density at radius 3 is 2.33 bits per heavy atom. The fourth-order valence-electron chi connectivity index (χ4n) is 2.29. The number of sulfonamides is 1. The lowest BCUT2D eigenvalue weighted by Gasteiger charge is -2.11. The number of nitrogens with one attached hydrogen (secondary N) is 2. The number of hydrogen-bond donors (Lipinski definition) is 2. The quantitative estimate of drug-likeness (QED) is 0.787. The number of aryl methyl sites for hydroxylation is 1.